The van der Waals surface area contributed by atoms with Crippen molar-refractivity contribution >= 4 is 17.5 Å². The van der Waals surface area contributed by atoms with Crippen molar-refractivity contribution in [2.24, 2.45) is 0 Å². The fourth-order valence-electron chi connectivity index (χ4n) is 2.38. The molecule has 0 unspecified atom stereocenters. The summed E-state index contributed by atoms with van der Waals surface area (Å²) in [6, 6.07) is 10.6. The Morgan fingerprint density at radius 2 is 1.93 bits per heavy atom. The molecular weight excluding hydrogens is 365 g/mol. The summed E-state index contributed by atoms with van der Waals surface area (Å²) in [7, 11) is 0. The van der Waals surface area contributed by atoms with Crippen molar-refractivity contribution in [2.45, 2.75) is 12.7 Å². The van der Waals surface area contributed by atoms with Gasteiger partial charge in [0.15, 0.2) is 13.2 Å². The summed E-state index contributed by atoms with van der Waals surface area (Å²) in [4.78, 5) is 23.6. The lowest BCUT2D eigenvalue weighted by molar-refractivity contribution is -0.153. The minimum Gasteiger partial charge on any atom is -0.484 e. The van der Waals surface area contributed by atoms with Crippen LogP contribution < -0.4 is 20.1 Å². The molecule has 9 heteroatoms. The summed E-state index contributed by atoms with van der Waals surface area (Å²) < 4.78 is 46.2. The van der Waals surface area contributed by atoms with E-state index in [0.717, 1.165) is 0 Å². The van der Waals surface area contributed by atoms with Crippen LogP contribution in [-0.4, -0.2) is 31.2 Å². The van der Waals surface area contributed by atoms with Crippen LogP contribution in [0.15, 0.2) is 42.5 Å². The van der Waals surface area contributed by atoms with Gasteiger partial charge in [-0.2, -0.15) is 13.2 Å². The highest BCUT2D eigenvalue weighted by Crippen LogP contribution is 2.28. The minimum atomic E-state index is -4.40. The molecule has 142 valence electrons. The van der Waals surface area contributed by atoms with Crippen LogP contribution in [0, 0.1) is 0 Å². The van der Waals surface area contributed by atoms with Crippen LogP contribution in [0.25, 0.3) is 0 Å². The smallest absolute Gasteiger partial charge is 0.422 e. The van der Waals surface area contributed by atoms with Crippen molar-refractivity contribution in [1.82, 2.24) is 5.32 Å². The molecule has 2 aromatic carbocycles. The number of benzene rings is 2. The van der Waals surface area contributed by atoms with E-state index in [2.05, 4.69) is 15.4 Å². The molecule has 0 spiro atoms. The number of fused-ring (bicyclic) bond motifs is 1. The molecule has 1 aliphatic rings. The van der Waals surface area contributed by atoms with Crippen LogP contribution in [0.4, 0.5) is 18.9 Å². The number of alkyl halides is 3. The topological polar surface area (TPSA) is 76.7 Å². The lowest BCUT2D eigenvalue weighted by Gasteiger charge is -2.18. The van der Waals surface area contributed by atoms with Gasteiger partial charge in [-0.1, -0.05) is 12.1 Å². The molecule has 0 saturated heterocycles. The predicted octanol–water partition coefficient (Wildman–Crippen LogP) is 2.89. The summed E-state index contributed by atoms with van der Waals surface area (Å²) in [5.74, 6) is -0.0867. The number of hydrogen-bond acceptors (Lipinski definition) is 4. The van der Waals surface area contributed by atoms with Crippen LogP contribution in [0.1, 0.15) is 15.9 Å². The Labute approximate surface area is 152 Å². The maximum atomic E-state index is 12.3. The molecule has 0 aliphatic carbocycles. The second-order valence-corrected chi connectivity index (χ2v) is 5.78. The van der Waals surface area contributed by atoms with E-state index in [1.165, 1.54) is 18.2 Å². The zero-order chi connectivity index (χ0) is 19.4. The molecule has 0 fully saturated rings. The van der Waals surface area contributed by atoms with Gasteiger partial charge < -0.3 is 20.1 Å². The Balaban J connectivity index is 1.56. The normalized spacial score (nSPS) is 13.2. The lowest BCUT2D eigenvalue weighted by atomic mass is 10.1. The summed E-state index contributed by atoms with van der Waals surface area (Å²) in [6.45, 7) is -1.25. The van der Waals surface area contributed by atoms with Gasteiger partial charge in [0.2, 0.25) is 0 Å². The van der Waals surface area contributed by atoms with E-state index < -0.39 is 12.8 Å². The molecule has 2 amide bonds. The van der Waals surface area contributed by atoms with Crippen LogP contribution in [0.2, 0.25) is 0 Å². The van der Waals surface area contributed by atoms with Crippen molar-refractivity contribution in [3.05, 3.63) is 53.6 Å². The molecule has 0 bridgehead atoms. The average molecular weight is 380 g/mol. The Morgan fingerprint density at radius 3 is 2.63 bits per heavy atom. The number of anilines is 1. The summed E-state index contributed by atoms with van der Waals surface area (Å²) in [5.41, 5.74) is 1.45. The number of rotatable bonds is 5. The molecule has 2 aromatic rings. The third-order valence-corrected chi connectivity index (χ3v) is 3.65. The van der Waals surface area contributed by atoms with Crippen molar-refractivity contribution in [3.63, 3.8) is 0 Å². The van der Waals surface area contributed by atoms with E-state index >= 15 is 0 Å². The fourth-order valence-corrected chi connectivity index (χ4v) is 2.38. The quantitative estimate of drug-likeness (QED) is 0.836. The summed E-state index contributed by atoms with van der Waals surface area (Å²) >= 11 is 0. The molecule has 0 saturated carbocycles. The molecular formula is C18H15F3N2O4. The van der Waals surface area contributed by atoms with Crippen molar-refractivity contribution < 1.29 is 32.2 Å². The monoisotopic (exact) mass is 380 g/mol. The molecule has 27 heavy (non-hydrogen) atoms. The van der Waals surface area contributed by atoms with Gasteiger partial charge in [0, 0.05) is 12.1 Å². The van der Waals surface area contributed by atoms with Gasteiger partial charge in [-0.3, -0.25) is 9.59 Å². The van der Waals surface area contributed by atoms with Gasteiger partial charge in [0.05, 0.1) is 5.69 Å². The number of amides is 2. The third kappa shape index (κ3) is 5.13. The van der Waals surface area contributed by atoms with Gasteiger partial charge in [-0.25, -0.2) is 0 Å². The first-order valence-electron chi connectivity index (χ1n) is 7.93. The molecule has 1 aliphatic heterocycles. The first-order chi connectivity index (χ1) is 12.8. The van der Waals surface area contributed by atoms with Crippen LogP contribution >= 0.6 is 0 Å². The van der Waals surface area contributed by atoms with E-state index in [0.29, 0.717) is 22.6 Å². The van der Waals surface area contributed by atoms with Crippen molar-refractivity contribution in [2.75, 3.05) is 18.5 Å². The summed E-state index contributed by atoms with van der Waals surface area (Å²) in [6.07, 6.45) is -4.40. The standard InChI is InChI=1S/C18H15F3N2O4/c19-18(20,21)10-27-13-4-1-11(2-5-13)8-22-17(25)12-3-6-15-14(7-12)23-16(24)9-26-15/h1-7H,8-10H2,(H,22,25)(H,23,24). The molecule has 0 radical (unpaired) electrons. The van der Waals surface area contributed by atoms with Gasteiger partial charge in [0.1, 0.15) is 11.5 Å². The summed E-state index contributed by atoms with van der Waals surface area (Å²) in [5, 5.41) is 5.32. The third-order valence-electron chi connectivity index (χ3n) is 3.65. The van der Waals surface area contributed by atoms with Gasteiger partial charge >= 0.3 is 6.18 Å². The predicted molar refractivity (Wildman–Crippen MR) is 89.7 cm³/mol. The van der Waals surface area contributed by atoms with E-state index in [-0.39, 0.29) is 30.7 Å². The molecule has 0 atom stereocenters. The fraction of sp³-hybridized carbons (Fsp3) is 0.222. The first kappa shape index (κ1) is 18.6. The van der Waals surface area contributed by atoms with Gasteiger partial charge in [0.25, 0.3) is 11.8 Å². The Hall–Kier alpha value is -3.23. The zero-order valence-electron chi connectivity index (χ0n) is 13.9. The van der Waals surface area contributed by atoms with E-state index in [9.17, 15) is 22.8 Å². The largest absolute Gasteiger partial charge is 0.484 e. The van der Waals surface area contributed by atoms with Crippen molar-refractivity contribution in [3.8, 4) is 11.5 Å². The number of ether oxygens (including phenoxy) is 2. The SMILES string of the molecule is O=C1COc2ccc(C(=O)NCc3ccc(OCC(F)(F)F)cc3)cc2N1. The minimum absolute atomic E-state index is 0.0682. The second kappa shape index (κ2) is 7.56. The molecule has 0 aromatic heterocycles. The van der Waals surface area contributed by atoms with E-state index in [4.69, 9.17) is 4.74 Å². The second-order valence-electron chi connectivity index (χ2n) is 5.78. The molecule has 6 nitrogen and oxygen atoms in total. The van der Waals surface area contributed by atoms with Crippen LogP contribution in [0.3, 0.4) is 0 Å². The zero-order valence-corrected chi connectivity index (χ0v) is 13.9. The van der Waals surface area contributed by atoms with E-state index in [1.807, 2.05) is 0 Å². The maximum absolute atomic E-state index is 12.3. The number of carbonyl (C=O) groups excluding carboxylic acids is 2. The maximum Gasteiger partial charge on any atom is 0.422 e. The molecule has 3 rings (SSSR count). The van der Waals surface area contributed by atoms with E-state index in [1.54, 1.807) is 24.3 Å². The Morgan fingerprint density at radius 1 is 1.19 bits per heavy atom. The van der Waals surface area contributed by atoms with Crippen molar-refractivity contribution in [1.29, 1.82) is 0 Å². The van der Waals surface area contributed by atoms with Crippen LogP contribution in [-0.2, 0) is 11.3 Å². The Bertz CT molecular complexity index is 851. The Kier molecular flexibility index (Phi) is 5.20. The highest BCUT2D eigenvalue weighted by molar-refractivity contribution is 5.99. The average Bonchev–Trinajstić information content (AvgIpc) is 2.64. The highest BCUT2D eigenvalue weighted by atomic mass is 19.4. The molecule has 1 heterocycles. The van der Waals surface area contributed by atoms with Gasteiger partial charge in [-0.15, -0.1) is 0 Å². The molecule has 2 N–H and O–H groups in total. The van der Waals surface area contributed by atoms with Gasteiger partial charge in [-0.05, 0) is 35.9 Å². The number of carbonyl (C=O) groups is 2. The highest BCUT2D eigenvalue weighted by Gasteiger charge is 2.28. The number of hydrogen-bond donors (Lipinski definition) is 2. The first-order valence-corrected chi connectivity index (χ1v) is 7.93. The van der Waals surface area contributed by atoms with Crippen LogP contribution in [0.5, 0.6) is 11.5 Å². The lowest BCUT2D eigenvalue weighted by Crippen LogP contribution is -2.27. The number of halogens is 3. The number of nitrogens with one attached hydrogen (secondary N) is 2.